The second-order valence-corrected chi connectivity index (χ2v) is 8.16. The third kappa shape index (κ3) is 5.92. The number of rotatable bonds is 8. The molecule has 1 unspecified atom stereocenters. The van der Waals surface area contributed by atoms with Gasteiger partial charge in [-0.15, -0.1) is 0 Å². The third-order valence-electron chi connectivity index (χ3n) is 4.49. The number of nitrogens with one attached hydrogen (secondary N) is 1. The molecule has 3 aromatic rings. The number of nitrogens with zero attached hydrogens (tertiary/aromatic N) is 1. The van der Waals surface area contributed by atoms with Crippen molar-refractivity contribution in [1.82, 2.24) is 10.3 Å². The topological polar surface area (TPSA) is 78.2 Å². The van der Waals surface area contributed by atoms with E-state index in [1.807, 2.05) is 24.3 Å². The number of benzene rings is 2. The number of carbonyl (C=O) groups excluding carboxylic acids is 1. The maximum absolute atomic E-state index is 12.9. The minimum atomic E-state index is -1.42. The van der Waals surface area contributed by atoms with Gasteiger partial charge < -0.3 is 14.3 Å². The van der Waals surface area contributed by atoms with E-state index in [0.717, 1.165) is 17.5 Å². The molecule has 0 aliphatic heterocycles. The summed E-state index contributed by atoms with van der Waals surface area (Å²) >= 11 is -1.42. The predicted octanol–water partition coefficient (Wildman–Crippen LogP) is 3.92. The van der Waals surface area contributed by atoms with Gasteiger partial charge in [-0.3, -0.25) is 4.79 Å². The van der Waals surface area contributed by atoms with Crippen molar-refractivity contribution in [1.29, 1.82) is 0 Å². The average Bonchev–Trinajstić information content (AvgIpc) is 3.07. The van der Waals surface area contributed by atoms with Gasteiger partial charge in [-0.25, -0.2) is 9.37 Å². The number of oxazole rings is 1. The van der Waals surface area contributed by atoms with E-state index in [2.05, 4.69) is 17.2 Å². The smallest absolute Gasteiger partial charge is 0.270 e. The molecule has 0 saturated heterocycles. The molecule has 2 aromatic carbocycles. The highest BCUT2D eigenvalue weighted by Crippen LogP contribution is 2.23. The number of carbonyl (C=O) groups is 1. The molecule has 1 heterocycles. The van der Waals surface area contributed by atoms with Gasteiger partial charge in [0.25, 0.3) is 5.91 Å². The maximum atomic E-state index is 12.9. The third-order valence-corrected chi connectivity index (χ3v) is 5.67. The Morgan fingerprint density at radius 1 is 1.14 bits per heavy atom. The first-order valence-electron chi connectivity index (χ1n) is 9.36. The molecule has 7 heteroatoms. The van der Waals surface area contributed by atoms with Crippen LogP contribution in [0.3, 0.4) is 0 Å². The fourth-order valence-corrected chi connectivity index (χ4v) is 3.84. The SMILES string of the molecule is CCc1ccc(-c2nc(C[S+]([O-])CC(=O)NCc3ccc(F)cc3)c(C)o2)cc1. The van der Waals surface area contributed by atoms with Crippen LogP contribution in [0.25, 0.3) is 11.5 Å². The lowest BCUT2D eigenvalue weighted by Crippen LogP contribution is -2.30. The second-order valence-electron chi connectivity index (χ2n) is 6.70. The molecule has 1 atom stereocenters. The van der Waals surface area contributed by atoms with Crippen LogP contribution in [-0.2, 0) is 34.7 Å². The Balaban J connectivity index is 1.54. The molecule has 152 valence electrons. The molecule has 5 nitrogen and oxygen atoms in total. The first-order valence-corrected chi connectivity index (χ1v) is 10.8. The summed E-state index contributed by atoms with van der Waals surface area (Å²) in [6, 6.07) is 13.8. The predicted molar refractivity (Wildman–Crippen MR) is 111 cm³/mol. The lowest BCUT2D eigenvalue weighted by Gasteiger charge is -2.10. The Bertz CT molecular complexity index is 955. The van der Waals surface area contributed by atoms with Crippen molar-refractivity contribution in [3.63, 3.8) is 0 Å². The minimum Gasteiger partial charge on any atom is -0.616 e. The molecule has 1 amide bonds. The Labute approximate surface area is 172 Å². The van der Waals surface area contributed by atoms with Gasteiger partial charge in [0.2, 0.25) is 5.89 Å². The van der Waals surface area contributed by atoms with E-state index in [-0.39, 0.29) is 29.8 Å². The number of aromatic nitrogens is 1. The van der Waals surface area contributed by atoms with Gasteiger partial charge in [-0.1, -0.05) is 31.2 Å². The van der Waals surface area contributed by atoms with Crippen molar-refractivity contribution in [3.05, 3.63) is 76.9 Å². The summed E-state index contributed by atoms with van der Waals surface area (Å²) in [5.74, 6) is 0.437. The number of hydrogen-bond donors (Lipinski definition) is 1. The molecule has 3 rings (SSSR count). The zero-order valence-corrected chi connectivity index (χ0v) is 17.2. The molecule has 0 aliphatic carbocycles. The van der Waals surface area contributed by atoms with Crippen molar-refractivity contribution in [2.75, 3.05) is 5.75 Å². The molecule has 0 bridgehead atoms. The van der Waals surface area contributed by atoms with E-state index in [1.54, 1.807) is 19.1 Å². The standard InChI is InChI=1S/C22H23FN2O3S/c1-3-16-4-8-18(9-5-16)22-25-20(15(2)28-22)13-29(27)14-21(26)24-12-17-6-10-19(23)11-7-17/h4-11H,3,12-14H2,1-2H3,(H,24,26). The fourth-order valence-electron chi connectivity index (χ4n) is 2.77. The Morgan fingerprint density at radius 3 is 2.45 bits per heavy atom. The highest BCUT2D eigenvalue weighted by molar-refractivity contribution is 7.91. The van der Waals surface area contributed by atoms with Crippen molar-refractivity contribution in [2.24, 2.45) is 0 Å². The number of amides is 1. The fraction of sp³-hybridized carbons (Fsp3) is 0.273. The molecule has 0 spiro atoms. The Kier molecular flexibility index (Phi) is 7.06. The zero-order chi connectivity index (χ0) is 20.8. The first kappa shape index (κ1) is 21.1. The summed E-state index contributed by atoms with van der Waals surface area (Å²) in [7, 11) is 0. The molecule has 0 radical (unpaired) electrons. The van der Waals surface area contributed by atoms with Crippen LogP contribution in [0.5, 0.6) is 0 Å². The number of halogens is 1. The van der Waals surface area contributed by atoms with Gasteiger partial charge in [0.15, 0.2) is 11.5 Å². The van der Waals surface area contributed by atoms with E-state index < -0.39 is 11.2 Å². The van der Waals surface area contributed by atoms with E-state index >= 15 is 0 Å². The number of hydrogen-bond acceptors (Lipinski definition) is 4. The van der Waals surface area contributed by atoms with Gasteiger partial charge in [-0.05, 0) is 59.9 Å². The summed E-state index contributed by atoms with van der Waals surface area (Å²) in [6.07, 6.45) is 0.957. The normalized spacial score (nSPS) is 12.0. The van der Waals surface area contributed by atoms with Gasteiger partial charge in [0.05, 0.1) is 0 Å². The van der Waals surface area contributed by atoms with Crippen molar-refractivity contribution < 1.29 is 18.2 Å². The largest absolute Gasteiger partial charge is 0.616 e. The van der Waals surface area contributed by atoms with Gasteiger partial charge in [0, 0.05) is 12.1 Å². The molecule has 1 N–H and O–H groups in total. The summed E-state index contributed by atoms with van der Waals surface area (Å²) < 4.78 is 31.0. The molecular formula is C22H23FN2O3S. The Morgan fingerprint density at radius 2 is 1.79 bits per heavy atom. The monoisotopic (exact) mass is 414 g/mol. The van der Waals surface area contributed by atoms with Crippen molar-refractivity contribution in [3.8, 4) is 11.5 Å². The summed E-state index contributed by atoms with van der Waals surface area (Å²) in [6.45, 7) is 4.13. The van der Waals surface area contributed by atoms with E-state index in [1.165, 1.54) is 17.7 Å². The van der Waals surface area contributed by atoms with E-state index in [4.69, 9.17) is 4.42 Å². The zero-order valence-electron chi connectivity index (χ0n) is 16.4. The quantitative estimate of drug-likeness (QED) is 0.567. The molecular weight excluding hydrogens is 391 g/mol. The summed E-state index contributed by atoms with van der Waals surface area (Å²) in [4.78, 5) is 16.5. The summed E-state index contributed by atoms with van der Waals surface area (Å²) in [5, 5.41) is 2.69. The first-order chi connectivity index (χ1) is 13.9. The number of aryl methyl sites for hydroxylation is 2. The van der Waals surface area contributed by atoms with Gasteiger partial charge >= 0.3 is 0 Å². The van der Waals surface area contributed by atoms with Gasteiger partial charge in [0.1, 0.15) is 17.3 Å². The van der Waals surface area contributed by atoms with Crippen LogP contribution >= 0.6 is 0 Å². The molecule has 0 saturated carbocycles. The van der Waals surface area contributed by atoms with Crippen LogP contribution in [0, 0.1) is 12.7 Å². The van der Waals surface area contributed by atoms with Crippen LogP contribution in [-0.4, -0.2) is 21.2 Å². The second kappa shape index (κ2) is 9.71. The van der Waals surface area contributed by atoms with Gasteiger partial charge in [-0.2, -0.15) is 0 Å². The highest BCUT2D eigenvalue weighted by atomic mass is 32.2. The van der Waals surface area contributed by atoms with Crippen LogP contribution in [0.1, 0.15) is 29.5 Å². The molecule has 0 aliphatic rings. The highest BCUT2D eigenvalue weighted by Gasteiger charge is 2.20. The van der Waals surface area contributed by atoms with Crippen LogP contribution in [0.4, 0.5) is 4.39 Å². The summed E-state index contributed by atoms with van der Waals surface area (Å²) in [5.41, 5.74) is 3.45. The van der Waals surface area contributed by atoms with E-state index in [0.29, 0.717) is 17.3 Å². The Hall–Kier alpha value is -2.64. The van der Waals surface area contributed by atoms with Crippen molar-refractivity contribution in [2.45, 2.75) is 32.6 Å². The van der Waals surface area contributed by atoms with Crippen molar-refractivity contribution >= 4 is 17.1 Å². The van der Waals surface area contributed by atoms with Crippen LogP contribution in [0.2, 0.25) is 0 Å². The molecule has 0 fully saturated rings. The molecule has 29 heavy (non-hydrogen) atoms. The van der Waals surface area contributed by atoms with E-state index in [9.17, 15) is 13.7 Å². The molecule has 1 aromatic heterocycles. The van der Waals surface area contributed by atoms with Crippen LogP contribution in [0.15, 0.2) is 52.9 Å². The lowest BCUT2D eigenvalue weighted by molar-refractivity contribution is -0.118. The van der Waals surface area contributed by atoms with Crippen LogP contribution < -0.4 is 5.32 Å². The average molecular weight is 415 g/mol. The maximum Gasteiger partial charge on any atom is 0.270 e. The lowest BCUT2D eigenvalue weighted by atomic mass is 10.1. The minimum absolute atomic E-state index is 0.131.